The molecule has 2 rings (SSSR count). The lowest BCUT2D eigenvalue weighted by Crippen LogP contribution is -2.35. The lowest BCUT2D eigenvalue weighted by atomic mass is 10.0. The van der Waals surface area contributed by atoms with Crippen LogP contribution in [-0.2, 0) is 4.74 Å². The molecule has 0 aromatic heterocycles. The number of morpholine rings is 1. The van der Waals surface area contributed by atoms with Crippen LogP contribution in [0.5, 0.6) is 0 Å². The maximum atomic E-state index is 13.7. The molecule has 16 heavy (non-hydrogen) atoms. The highest BCUT2D eigenvalue weighted by Crippen LogP contribution is 2.24. The van der Waals surface area contributed by atoms with Crippen molar-refractivity contribution in [2.45, 2.75) is 13.0 Å². The first kappa shape index (κ1) is 13.4. The summed E-state index contributed by atoms with van der Waals surface area (Å²) in [4.78, 5) is 0. The first-order chi connectivity index (χ1) is 7.20. The number of hydrogen-bond acceptors (Lipinski definition) is 2. The van der Waals surface area contributed by atoms with E-state index < -0.39 is 11.6 Å². The maximum Gasteiger partial charge on any atom is 0.133 e. The Labute approximate surface area is 99.4 Å². The van der Waals surface area contributed by atoms with Crippen LogP contribution in [0.4, 0.5) is 8.78 Å². The Kier molecular flexibility index (Phi) is 4.65. The van der Waals surface area contributed by atoms with Crippen LogP contribution in [0.25, 0.3) is 0 Å². The van der Waals surface area contributed by atoms with Crippen molar-refractivity contribution in [3.63, 3.8) is 0 Å². The molecule has 1 aromatic carbocycles. The van der Waals surface area contributed by atoms with Crippen LogP contribution in [0.2, 0.25) is 0 Å². The van der Waals surface area contributed by atoms with Crippen molar-refractivity contribution in [2.75, 3.05) is 19.8 Å². The lowest BCUT2D eigenvalue weighted by Gasteiger charge is -2.25. The molecule has 5 heteroatoms. The summed E-state index contributed by atoms with van der Waals surface area (Å²) in [5.74, 6) is -0.987. The highest BCUT2D eigenvalue weighted by molar-refractivity contribution is 5.85. The van der Waals surface area contributed by atoms with Crippen molar-refractivity contribution in [2.24, 2.45) is 0 Å². The second kappa shape index (κ2) is 5.57. The molecule has 1 saturated heterocycles. The van der Waals surface area contributed by atoms with Crippen molar-refractivity contribution in [1.29, 1.82) is 0 Å². The van der Waals surface area contributed by atoms with E-state index in [0.29, 0.717) is 25.3 Å². The van der Waals surface area contributed by atoms with Gasteiger partial charge in [-0.05, 0) is 18.6 Å². The van der Waals surface area contributed by atoms with Gasteiger partial charge in [0, 0.05) is 12.1 Å². The summed E-state index contributed by atoms with van der Waals surface area (Å²) < 4.78 is 32.4. The SMILES string of the molecule is Cc1ccc(F)c([C@@H]2COCCN2)c1F.Cl. The molecule has 2 nitrogen and oxygen atoms in total. The topological polar surface area (TPSA) is 21.3 Å². The zero-order valence-corrected chi connectivity index (χ0v) is 9.74. The fraction of sp³-hybridized carbons (Fsp3) is 0.455. The van der Waals surface area contributed by atoms with Crippen molar-refractivity contribution >= 4 is 12.4 Å². The number of aryl methyl sites for hydroxylation is 1. The van der Waals surface area contributed by atoms with Crippen LogP contribution in [0, 0.1) is 18.6 Å². The van der Waals surface area contributed by atoms with Crippen LogP contribution in [-0.4, -0.2) is 19.8 Å². The lowest BCUT2D eigenvalue weighted by molar-refractivity contribution is 0.0745. The fourth-order valence-corrected chi connectivity index (χ4v) is 1.75. The normalized spacial score (nSPS) is 20.3. The minimum Gasteiger partial charge on any atom is -0.378 e. The van der Waals surface area contributed by atoms with Crippen LogP contribution in [0.3, 0.4) is 0 Å². The highest BCUT2D eigenvalue weighted by Gasteiger charge is 2.23. The standard InChI is InChI=1S/C11H13F2NO.ClH/c1-7-2-3-8(12)10(11(7)13)9-6-15-5-4-14-9;/h2-3,9,14H,4-6H2,1H3;1H/t9-;/m0./s1. The summed E-state index contributed by atoms with van der Waals surface area (Å²) in [6.45, 7) is 3.16. The maximum absolute atomic E-state index is 13.7. The van der Waals surface area contributed by atoms with E-state index in [1.165, 1.54) is 12.1 Å². The molecule has 90 valence electrons. The third kappa shape index (κ3) is 2.51. The second-order valence-corrected chi connectivity index (χ2v) is 3.67. The van der Waals surface area contributed by atoms with E-state index in [9.17, 15) is 8.78 Å². The quantitative estimate of drug-likeness (QED) is 0.825. The minimum absolute atomic E-state index is 0. The molecule has 0 bridgehead atoms. The largest absolute Gasteiger partial charge is 0.378 e. The molecule has 0 saturated carbocycles. The van der Waals surface area contributed by atoms with E-state index >= 15 is 0 Å². The van der Waals surface area contributed by atoms with Gasteiger partial charge in [0.05, 0.1) is 19.3 Å². The minimum atomic E-state index is -0.513. The Balaban J connectivity index is 0.00000128. The summed E-state index contributed by atoms with van der Waals surface area (Å²) in [6.07, 6.45) is 0. The molecule has 0 radical (unpaired) electrons. The molecule has 0 amide bonds. The molecular formula is C11H14ClF2NO. The summed E-state index contributed by atoms with van der Waals surface area (Å²) in [7, 11) is 0. The molecule has 0 spiro atoms. The first-order valence-corrected chi connectivity index (χ1v) is 4.96. The van der Waals surface area contributed by atoms with E-state index in [2.05, 4.69) is 5.32 Å². The Morgan fingerprint density at radius 2 is 2.12 bits per heavy atom. The first-order valence-electron chi connectivity index (χ1n) is 4.96. The Bertz CT molecular complexity index is 367. The average Bonchev–Trinajstić information content (AvgIpc) is 2.26. The molecule has 1 aromatic rings. The van der Waals surface area contributed by atoms with Gasteiger partial charge >= 0.3 is 0 Å². The predicted octanol–water partition coefficient (Wildman–Crippen LogP) is 2.36. The van der Waals surface area contributed by atoms with Gasteiger partial charge in [-0.2, -0.15) is 0 Å². The van der Waals surface area contributed by atoms with Gasteiger partial charge in [0.15, 0.2) is 0 Å². The third-order valence-corrected chi connectivity index (χ3v) is 2.59. The molecule has 1 heterocycles. The van der Waals surface area contributed by atoms with Gasteiger partial charge in [-0.3, -0.25) is 0 Å². The molecule has 0 unspecified atom stereocenters. The summed E-state index contributed by atoms with van der Waals surface area (Å²) in [6, 6.07) is 2.36. The number of halogens is 3. The third-order valence-electron chi connectivity index (χ3n) is 2.59. The van der Waals surface area contributed by atoms with Gasteiger partial charge in [0.25, 0.3) is 0 Å². The van der Waals surface area contributed by atoms with Gasteiger partial charge in [-0.15, -0.1) is 12.4 Å². The summed E-state index contributed by atoms with van der Waals surface area (Å²) >= 11 is 0. The van der Waals surface area contributed by atoms with E-state index in [0.717, 1.165) is 0 Å². The fourth-order valence-electron chi connectivity index (χ4n) is 1.75. The van der Waals surface area contributed by atoms with Gasteiger partial charge in [-0.25, -0.2) is 8.78 Å². The van der Waals surface area contributed by atoms with Gasteiger partial charge in [-0.1, -0.05) is 6.07 Å². The summed E-state index contributed by atoms with van der Waals surface area (Å²) in [5, 5.41) is 3.04. The van der Waals surface area contributed by atoms with Crippen molar-refractivity contribution in [3.05, 3.63) is 34.9 Å². The van der Waals surface area contributed by atoms with Crippen LogP contribution in [0.15, 0.2) is 12.1 Å². The highest BCUT2D eigenvalue weighted by atomic mass is 35.5. The van der Waals surface area contributed by atoms with Gasteiger partial charge in [0.2, 0.25) is 0 Å². The number of ether oxygens (including phenoxy) is 1. The zero-order valence-electron chi connectivity index (χ0n) is 8.93. The van der Waals surface area contributed by atoms with Crippen molar-refractivity contribution in [3.8, 4) is 0 Å². The number of rotatable bonds is 1. The van der Waals surface area contributed by atoms with Crippen molar-refractivity contribution in [1.82, 2.24) is 5.32 Å². The van der Waals surface area contributed by atoms with E-state index in [-0.39, 0.29) is 24.0 Å². The molecule has 1 fully saturated rings. The number of benzene rings is 1. The molecule has 1 atom stereocenters. The van der Waals surface area contributed by atoms with E-state index in [1.54, 1.807) is 6.92 Å². The Morgan fingerprint density at radius 3 is 2.75 bits per heavy atom. The molecule has 1 aliphatic heterocycles. The zero-order chi connectivity index (χ0) is 10.8. The van der Waals surface area contributed by atoms with Gasteiger partial charge < -0.3 is 10.1 Å². The van der Waals surface area contributed by atoms with E-state index in [1.807, 2.05) is 0 Å². The van der Waals surface area contributed by atoms with Crippen LogP contribution >= 0.6 is 12.4 Å². The molecular weight excluding hydrogens is 236 g/mol. The predicted molar refractivity (Wildman–Crippen MR) is 59.9 cm³/mol. The molecule has 1 N–H and O–H groups in total. The van der Waals surface area contributed by atoms with Crippen LogP contribution in [0.1, 0.15) is 17.2 Å². The monoisotopic (exact) mass is 249 g/mol. The van der Waals surface area contributed by atoms with E-state index in [4.69, 9.17) is 4.74 Å². The smallest absolute Gasteiger partial charge is 0.133 e. The van der Waals surface area contributed by atoms with Crippen molar-refractivity contribution < 1.29 is 13.5 Å². The molecule has 0 aliphatic carbocycles. The second-order valence-electron chi connectivity index (χ2n) is 3.67. The average molecular weight is 250 g/mol. The van der Waals surface area contributed by atoms with Gasteiger partial charge in [0.1, 0.15) is 11.6 Å². The Morgan fingerprint density at radius 1 is 1.38 bits per heavy atom. The van der Waals surface area contributed by atoms with Crippen LogP contribution < -0.4 is 5.32 Å². The number of hydrogen-bond donors (Lipinski definition) is 1. The Hall–Kier alpha value is -0.710. The summed E-state index contributed by atoms with van der Waals surface area (Å²) in [5.41, 5.74) is 0.550. The number of nitrogens with one attached hydrogen (secondary N) is 1. The molecule has 1 aliphatic rings.